The van der Waals surface area contributed by atoms with Gasteiger partial charge in [-0.2, -0.15) is 0 Å². The predicted molar refractivity (Wildman–Crippen MR) is 192 cm³/mol. The number of hydrogen-bond acceptors (Lipinski definition) is 8. The molecule has 0 unspecified atom stereocenters. The van der Waals surface area contributed by atoms with Crippen LogP contribution in [0, 0.1) is 17.8 Å². The Balaban J connectivity index is 1.74. The molecule has 0 saturated carbocycles. The van der Waals surface area contributed by atoms with Gasteiger partial charge in [-0.15, -0.1) is 11.3 Å². The molecule has 0 spiro atoms. The van der Waals surface area contributed by atoms with Crippen molar-refractivity contribution in [3.8, 4) is 0 Å². The first-order valence-electron chi connectivity index (χ1n) is 17.6. The summed E-state index contributed by atoms with van der Waals surface area (Å²) in [7, 11) is 5.35. The maximum absolute atomic E-state index is 14.1. The van der Waals surface area contributed by atoms with Gasteiger partial charge >= 0.3 is 5.97 Å². The second kappa shape index (κ2) is 19.2. The van der Waals surface area contributed by atoms with Crippen LogP contribution in [-0.4, -0.2) is 95.5 Å². The average molecular weight is 700 g/mol. The first kappa shape index (κ1) is 40.1. The Morgan fingerprint density at radius 3 is 2.37 bits per heavy atom. The van der Waals surface area contributed by atoms with Crippen molar-refractivity contribution in [2.75, 3.05) is 27.7 Å². The molecule has 1 fully saturated rings. The normalized spacial score (nSPS) is 18.9. The van der Waals surface area contributed by atoms with Gasteiger partial charge in [0.05, 0.1) is 12.0 Å². The largest absolute Gasteiger partial charge is 0.481 e. The van der Waals surface area contributed by atoms with Crippen molar-refractivity contribution in [2.24, 2.45) is 17.8 Å². The molecule has 1 aromatic heterocycles. The zero-order valence-corrected chi connectivity index (χ0v) is 31.3. The van der Waals surface area contributed by atoms with Crippen LogP contribution >= 0.6 is 11.3 Å². The minimum Gasteiger partial charge on any atom is -0.481 e. The standard InChI is InChI=1S/C37H57N5O6S/c1-9-24(4)32(40-34(44)29-17-13-14-18-41(29)6)36(45)42(7)30(23(2)3)21-31(48-8)35-39-28(22-49-35)33(43)38-27(19-25(5)37(46)47)20-26-15-11-10-12-16-26/h10-12,15-16,22-25,27,29-32H,9,13-14,17-21H2,1-8H3,(H,38,43)(H,40,44)(H,46,47)/t24-,25-,27+,29+,30+,31+,32-/m0/s1. The van der Waals surface area contributed by atoms with Gasteiger partial charge in [0.15, 0.2) is 0 Å². The number of aliphatic carboxylic acids is 1. The van der Waals surface area contributed by atoms with Crippen LogP contribution in [0.5, 0.6) is 0 Å². The van der Waals surface area contributed by atoms with Crippen LogP contribution in [0.2, 0.25) is 0 Å². The second-order valence-corrected chi connectivity index (χ2v) is 14.9. The van der Waals surface area contributed by atoms with E-state index in [1.165, 1.54) is 11.3 Å². The number of rotatable bonds is 18. The van der Waals surface area contributed by atoms with Gasteiger partial charge in [0.25, 0.3) is 5.91 Å². The molecule has 1 aromatic carbocycles. The maximum Gasteiger partial charge on any atom is 0.306 e. The molecule has 2 aromatic rings. The number of aromatic nitrogens is 1. The number of piperidine rings is 1. The van der Waals surface area contributed by atoms with Gasteiger partial charge in [-0.1, -0.05) is 77.8 Å². The first-order valence-corrected chi connectivity index (χ1v) is 18.5. The van der Waals surface area contributed by atoms with Crippen molar-refractivity contribution in [3.05, 3.63) is 52.0 Å². The van der Waals surface area contributed by atoms with Crippen LogP contribution in [0.15, 0.2) is 35.7 Å². The van der Waals surface area contributed by atoms with Crippen molar-refractivity contribution in [2.45, 2.75) is 110 Å². The van der Waals surface area contributed by atoms with E-state index >= 15 is 0 Å². The van der Waals surface area contributed by atoms with Crippen molar-refractivity contribution in [3.63, 3.8) is 0 Å². The van der Waals surface area contributed by atoms with Gasteiger partial charge < -0.3 is 25.4 Å². The monoisotopic (exact) mass is 699 g/mol. The van der Waals surface area contributed by atoms with E-state index in [0.717, 1.165) is 37.8 Å². The predicted octanol–water partition coefficient (Wildman–Crippen LogP) is 5.17. The molecule has 2 heterocycles. The van der Waals surface area contributed by atoms with Crippen LogP contribution in [0.25, 0.3) is 0 Å². The zero-order chi connectivity index (χ0) is 36.2. The fourth-order valence-corrected chi connectivity index (χ4v) is 7.42. The van der Waals surface area contributed by atoms with Crippen LogP contribution < -0.4 is 10.6 Å². The number of carbonyl (C=O) groups is 4. The number of nitrogens with one attached hydrogen (secondary N) is 2. The Morgan fingerprint density at radius 1 is 1.08 bits per heavy atom. The number of benzene rings is 1. The molecule has 7 atom stereocenters. The van der Waals surface area contributed by atoms with Gasteiger partial charge in [0.2, 0.25) is 11.8 Å². The number of methoxy groups -OCH3 is 1. The van der Waals surface area contributed by atoms with Crippen LogP contribution in [0.3, 0.4) is 0 Å². The van der Waals surface area contributed by atoms with Gasteiger partial charge in [-0.25, -0.2) is 4.98 Å². The molecule has 1 saturated heterocycles. The number of amides is 3. The molecule has 3 rings (SSSR count). The highest BCUT2D eigenvalue weighted by molar-refractivity contribution is 7.09. The van der Waals surface area contributed by atoms with Crippen LogP contribution in [0.1, 0.15) is 100 Å². The maximum atomic E-state index is 14.1. The van der Waals surface area contributed by atoms with E-state index in [0.29, 0.717) is 17.8 Å². The molecule has 1 aliphatic rings. The van der Waals surface area contributed by atoms with E-state index in [1.54, 1.807) is 31.4 Å². The molecular weight excluding hydrogens is 643 g/mol. The third kappa shape index (κ3) is 11.3. The van der Waals surface area contributed by atoms with Crippen molar-refractivity contribution in [1.29, 1.82) is 0 Å². The molecule has 12 heteroatoms. The van der Waals surface area contributed by atoms with Gasteiger partial charge in [-0.3, -0.25) is 24.1 Å². The SMILES string of the molecule is CC[C@H](C)[C@H](NC(=O)[C@H]1CCCCN1C)C(=O)N(C)[C@H](C[C@@H](OC)c1nc(C(=O)N[C@@H](Cc2ccccc2)C[C@H](C)C(=O)O)cs1)C(C)C. The summed E-state index contributed by atoms with van der Waals surface area (Å²) in [5.74, 6) is -2.13. The van der Waals surface area contributed by atoms with E-state index in [2.05, 4.69) is 34.4 Å². The number of hydrogen-bond donors (Lipinski definition) is 3. The average Bonchev–Trinajstić information content (AvgIpc) is 3.57. The summed E-state index contributed by atoms with van der Waals surface area (Å²) < 4.78 is 5.90. The Kier molecular flexibility index (Phi) is 15.7. The lowest BCUT2D eigenvalue weighted by atomic mass is 9.92. The summed E-state index contributed by atoms with van der Waals surface area (Å²) in [5, 5.41) is 17.9. The lowest BCUT2D eigenvalue weighted by Crippen LogP contribution is -2.58. The van der Waals surface area contributed by atoms with Crippen molar-refractivity contribution < 1.29 is 29.0 Å². The van der Waals surface area contributed by atoms with Crippen molar-refractivity contribution >= 4 is 35.0 Å². The summed E-state index contributed by atoms with van der Waals surface area (Å²) in [4.78, 5) is 60.9. The number of carboxylic acids is 1. The van der Waals surface area contributed by atoms with Crippen molar-refractivity contribution in [1.82, 2.24) is 25.4 Å². The Bertz CT molecular complexity index is 1370. The third-order valence-electron chi connectivity index (χ3n) is 9.95. The highest BCUT2D eigenvalue weighted by Gasteiger charge is 2.37. The molecule has 49 heavy (non-hydrogen) atoms. The fraction of sp³-hybridized carbons (Fsp3) is 0.649. The van der Waals surface area contributed by atoms with E-state index in [-0.39, 0.29) is 53.8 Å². The fourth-order valence-electron chi connectivity index (χ4n) is 6.54. The molecule has 3 N–H and O–H groups in total. The number of nitrogens with zero attached hydrogens (tertiary/aromatic N) is 3. The summed E-state index contributed by atoms with van der Waals surface area (Å²) >= 11 is 1.32. The number of likely N-dealkylation sites (N-methyl/N-ethyl adjacent to an activating group) is 2. The van der Waals surface area contributed by atoms with Crippen LogP contribution in [0.4, 0.5) is 0 Å². The summed E-state index contributed by atoms with van der Waals surface area (Å²) in [6.45, 7) is 10.6. The van der Waals surface area contributed by atoms with Gasteiger partial charge in [0, 0.05) is 38.0 Å². The number of ether oxygens (including phenoxy) is 1. The molecular formula is C37H57N5O6S. The number of carbonyl (C=O) groups excluding carboxylic acids is 3. The highest BCUT2D eigenvalue weighted by Crippen LogP contribution is 2.30. The molecule has 1 aliphatic heterocycles. The lowest BCUT2D eigenvalue weighted by Gasteiger charge is -2.38. The second-order valence-electron chi connectivity index (χ2n) is 14.0. The molecule has 0 aliphatic carbocycles. The zero-order valence-electron chi connectivity index (χ0n) is 30.5. The topological polar surface area (TPSA) is 141 Å². The van der Waals surface area contributed by atoms with Gasteiger partial charge in [0.1, 0.15) is 22.8 Å². The molecule has 3 amide bonds. The van der Waals surface area contributed by atoms with E-state index in [1.807, 2.05) is 51.2 Å². The Morgan fingerprint density at radius 2 is 1.78 bits per heavy atom. The smallest absolute Gasteiger partial charge is 0.306 e. The molecule has 0 radical (unpaired) electrons. The summed E-state index contributed by atoms with van der Waals surface area (Å²) in [6, 6.07) is 8.14. The Hall–Kier alpha value is -3.35. The first-order chi connectivity index (χ1) is 23.3. The highest BCUT2D eigenvalue weighted by atomic mass is 32.1. The van der Waals surface area contributed by atoms with Gasteiger partial charge in [-0.05, 0) is 56.7 Å². The van der Waals surface area contributed by atoms with E-state index < -0.39 is 30.1 Å². The molecule has 272 valence electrons. The van der Waals surface area contributed by atoms with E-state index in [4.69, 9.17) is 4.74 Å². The van der Waals surface area contributed by atoms with Crippen LogP contribution in [-0.2, 0) is 25.5 Å². The number of carboxylic acid groups (broad SMARTS) is 1. The quantitative estimate of drug-likeness (QED) is 0.194. The number of likely N-dealkylation sites (tertiary alicyclic amines) is 1. The lowest BCUT2D eigenvalue weighted by molar-refractivity contribution is -0.141. The molecule has 11 nitrogen and oxygen atoms in total. The Labute approximate surface area is 296 Å². The molecule has 0 bridgehead atoms. The number of thiazole rings is 1. The minimum atomic E-state index is -0.913. The van der Waals surface area contributed by atoms with E-state index in [9.17, 15) is 24.3 Å². The minimum absolute atomic E-state index is 0.0527. The summed E-state index contributed by atoms with van der Waals surface area (Å²) in [5.41, 5.74) is 1.24. The summed E-state index contributed by atoms with van der Waals surface area (Å²) in [6.07, 6.45) is 4.33. The third-order valence-corrected chi connectivity index (χ3v) is 10.9.